The zero-order valence-corrected chi connectivity index (χ0v) is 14.4. The highest BCUT2D eigenvalue weighted by molar-refractivity contribution is 7.91. The Morgan fingerprint density at radius 1 is 1.36 bits per heavy atom. The molecule has 0 aliphatic carbocycles. The predicted molar refractivity (Wildman–Crippen MR) is 86.7 cm³/mol. The minimum Gasteiger partial charge on any atom is -0.334 e. The zero-order valence-electron chi connectivity index (χ0n) is 12.8. The van der Waals surface area contributed by atoms with Gasteiger partial charge in [-0.2, -0.15) is 0 Å². The van der Waals surface area contributed by atoms with Crippen molar-refractivity contribution in [2.75, 3.05) is 33.4 Å². The molecular weight excluding hydrogens is 324 g/mol. The highest BCUT2D eigenvalue weighted by Crippen LogP contribution is 2.38. The van der Waals surface area contributed by atoms with E-state index in [4.69, 9.17) is 11.6 Å². The second-order valence-corrected chi connectivity index (χ2v) is 8.03. The number of hydrogen-bond acceptors (Lipinski definition) is 4. The summed E-state index contributed by atoms with van der Waals surface area (Å²) in [7, 11) is 2.05. The molecule has 0 saturated heterocycles. The van der Waals surface area contributed by atoms with Gasteiger partial charge in [0.25, 0.3) is 0 Å². The minimum atomic E-state index is -3.37. The van der Waals surface area contributed by atoms with Gasteiger partial charge in [0.2, 0.25) is 5.91 Å². The van der Waals surface area contributed by atoms with E-state index in [1.54, 1.807) is 25.3 Å². The number of likely N-dealkylation sites (N-methyl/N-ethyl adjacent to an activating group) is 2. The van der Waals surface area contributed by atoms with Crippen LogP contribution < -0.4 is 0 Å². The van der Waals surface area contributed by atoms with E-state index >= 15 is 0 Å². The standard InChI is InChI=1S/C15H19ClN2O3S/c1-17(2)8-4-5-15(19)18(3)13-10-22(20,21)14-7-6-11(16)9-12(13)14/h4-7,9,13H,8,10H2,1-3H3/b5-4+. The average Bonchev–Trinajstić information content (AvgIpc) is 2.68. The molecule has 7 heteroatoms. The smallest absolute Gasteiger partial charge is 0.246 e. The van der Waals surface area contributed by atoms with Crippen LogP contribution in [-0.2, 0) is 14.6 Å². The first kappa shape index (κ1) is 17.0. The van der Waals surface area contributed by atoms with Gasteiger partial charge in [-0.15, -0.1) is 0 Å². The van der Waals surface area contributed by atoms with Crippen LogP contribution in [-0.4, -0.2) is 57.6 Å². The predicted octanol–water partition coefficient (Wildman–Crippen LogP) is 1.74. The number of fused-ring (bicyclic) bond motifs is 1. The highest BCUT2D eigenvalue weighted by atomic mass is 35.5. The molecule has 0 saturated carbocycles. The molecule has 2 rings (SSSR count). The maximum Gasteiger partial charge on any atom is 0.246 e. The van der Waals surface area contributed by atoms with Gasteiger partial charge in [-0.1, -0.05) is 17.7 Å². The van der Waals surface area contributed by atoms with E-state index in [9.17, 15) is 13.2 Å². The van der Waals surface area contributed by atoms with E-state index in [0.29, 0.717) is 17.1 Å². The lowest BCUT2D eigenvalue weighted by Gasteiger charge is -2.23. The summed E-state index contributed by atoms with van der Waals surface area (Å²) >= 11 is 5.97. The maximum atomic E-state index is 12.2. The lowest BCUT2D eigenvalue weighted by Crippen LogP contribution is -2.31. The van der Waals surface area contributed by atoms with Gasteiger partial charge in [0.05, 0.1) is 16.7 Å². The quantitative estimate of drug-likeness (QED) is 0.782. The van der Waals surface area contributed by atoms with Crippen LogP contribution in [0.25, 0.3) is 0 Å². The molecule has 120 valence electrons. The van der Waals surface area contributed by atoms with Crippen LogP contribution in [0.5, 0.6) is 0 Å². The first-order valence-electron chi connectivity index (χ1n) is 6.82. The summed E-state index contributed by atoms with van der Waals surface area (Å²) in [6.45, 7) is 0.644. The number of hydrogen-bond donors (Lipinski definition) is 0. The van der Waals surface area contributed by atoms with E-state index in [2.05, 4.69) is 0 Å². The van der Waals surface area contributed by atoms with E-state index < -0.39 is 15.9 Å². The molecule has 1 atom stereocenters. The topological polar surface area (TPSA) is 57.7 Å². The summed E-state index contributed by atoms with van der Waals surface area (Å²) in [4.78, 5) is 15.9. The van der Waals surface area contributed by atoms with E-state index in [-0.39, 0.29) is 16.6 Å². The van der Waals surface area contributed by atoms with Gasteiger partial charge in [0, 0.05) is 24.7 Å². The molecule has 0 bridgehead atoms. The van der Waals surface area contributed by atoms with Gasteiger partial charge in [-0.25, -0.2) is 8.42 Å². The molecule has 0 fully saturated rings. The largest absolute Gasteiger partial charge is 0.334 e. The molecule has 1 unspecified atom stereocenters. The van der Waals surface area contributed by atoms with Gasteiger partial charge < -0.3 is 9.80 Å². The van der Waals surface area contributed by atoms with Crippen molar-refractivity contribution in [1.82, 2.24) is 9.80 Å². The average molecular weight is 343 g/mol. The van der Waals surface area contributed by atoms with Crippen molar-refractivity contribution < 1.29 is 13.2 Å². The summed E-state index contributed by atoms with van der Waals surface area (Å²) in [5, 5.41) is 0.463. The number of rotatable bonds is 4. The Hall–Kier alpha value is -1.37. The molecule has 1 aromatic carbocycles. The van der Waals surface area contributed by atoms with E-state index in [1.165, 1.54) is 17.0 Å². The number of nitrogens with zero attached hydrogens (tertiary/aromatic N) is 2. The van der Waals surface area contributed by atoms with Gasteiger partial charge in [-0.3, -0.25) is 4.79 Å². The fourth-order valence-corrected chi connectivity index (χ4v) is 4.41. The Labute approximate surface area is 136 Å². The van der Waals surface area contributed by atoms with Crippen LogP contribution in [0.4, 0.5) is 0 Å². The Balaban J connectivity index is 2.26. The number of halogens is 1. The molecule has 0 N–H and O–H groups in total. The van der Waals surface area contributed by atoms with Crippen LogP contribution >= 0.6 is 11.6 Å². The lowest BCUT2D eigenvalue weighted by molar-refractivity contribution is -0.126. The van der Waals surface area contributed by atoms with Gasteiger partial charge in [0.15, 0.2) is 9.84 Å². The summed E-state index contributed by atoms with van der Waals surface area (Å²) in [6, 6.07) is 4.18. The van der Waals surface area contributed by atoms with Gasteiger partial charge in [-0.05, 0) is 37.9 Å². The third-order valence-corrected chi connectivity index (χ3v) is 5.62. The number of benzene rings is 1. The second kappa shape index (κ2) is 6.40. The Bertz CT molecular complexity index is 713. The SMILES string of the molecule is CN(C)C/C=C/C(=O)N(C)C1CS(=O)(=O)c2ccc(Cl)cc21. The molecule has 1 amide bonds. The third kappa shape index (κ3) is 3.51. The number of amides is 1. The molecule has 0 spiro atoms. The molecule has 22 heavy (non-hydrogen) atoms. The first-order valence-corrected chi connectivity index (χ1v) is 8.85. The van der Waals surface area contributed by atoms with Crippen molar-refractivity contribution in [3.05, 3.63) is 40.9 Å². The van der Waals surface area contributed by atoms with Crippen LogP contribution in [0.2, 0.25) is 5.02 Å². The lowest BCUT2D eigenvalue weighted by atomic mass is 10.1. The maximum absolute atomic E-state index is 12.2. The van der Waals surface area contributed by atoms with Crippen molar-refractivity contribution in [2.24, 2.45) is 0 Å². The normalized spacial score (nSPS) is 19.6. The monoisotopic (exact) mass is 342 g/mol. The fourth-order valence-electron chi connectivity index (χ4n) is 2.41. The van der Waals surface area contributed by atoms with Crippen LogP contribution in [0, 0.1) is 0 Å². The Kier molecular flexibility index (Phi) is 4.94. The second-order valence-electron chi connectivity index (χ2n) is 5.59. The van der Waals surface area contributed by atoms with Crippen LogP contribution in [0.3, 0.4) is 0 Å². The van der Waals surface area contributed by atoms with Crippen molar-refractivity contribution in [3.8, 4) is 0 Å². The van der Waals surface area contributed by atoms with Gasteiger partial charge in [0.1, 0.15) is 0 Å². The molecule has 1 heterocycles. The van der Waals surface area contributed by atoms with Crippen LogP contribution in [0.1, 0.15) is 11.6 Å². The third-order valence-electron chi connectivity index (χ3n) is 3.59. The number of sulfone groups is 1. The summed E-state index contributed by atoms with van der Waals surface area (Å²) < 4.78 is 24.4. The molecule has 1 aliphatic heterocycles. The summed E-state index contributed by atoms with van der Waals surface area (Å²) in [6.07, 6.45) is 3.22. The molecule has 5 nitrogen and oxygen atoms in total. The molecule has 1 aliphatic rings. The molecular formula is C15H19ClN2O3S. The Morgan fingerprint density at radius 2 is 2.05 bits per heavy atom. The van der Waals surface area contributed by atoms with Crippen LogP contribution in [0.15, 0.2) is 35.2 Å². The fraction of sp³-hybridized carbons (Fsp3) is 0.400. The zero-order chi connectivity index (χ0) is 16.5. The number of carbonyl (C=O) groups excluding carboxylic acids is 1. The Morgan fingerprint density at radius 3 is 2.68 bits per heavy atom. The minimum absolute atomic E-state index is 0.105. The molecule has 1 aromatic rings. The highest BCUT2D eigenvalue weighted by Gasteiger charge is 2.38. The first-order chi connectivity index (χ1) is 10.2. The van der Waals surface area contributed by atoms with Crippen molar-refractivity contribution in [1.29, 1.82) is 0 Å². The summed E-state index contributed by atoms with van der Waals surface area (Å²) in [5.41, 5.74) is 0.587. The van der Waals surface area contributed by atoms with Crippen molar-refractivity contribution in [3.63, 3.8) is 0 Å². The van der Waals surface area contributed by atoms with Crippen molar-refractivity contribution in [2.45, 2.75) is 10.9 Å². The van der Waals surface area contributed by atoms with Crippen molar-refractivity contribution >= 4 is 27.3 Å². The summed E-state index contributed by atoms with van der Waals surface area (Å²) in [5.74, 6) is -0.332. The van der Waals surface area contributed by atoms with E-state index in [1.807, 2.05) is 19.0 Å². The van der Waals surface area contributed by atoms with Gasteiger partial charge >= 0.3 is 0 Å². The molecule has 0 radical (unpaired) electrons. The van der Waals surface area contributed by atoms with E-state index in [0.717, 1.165) is 0 Å². The molecule has 0 aromatic heterocycles. The number of carbonyl (C=O) groups is 1.